The molecule has 0 spiro atoms. The molecule has 266 valence electrons. The highest BCUT2D eigenvalue weighted by Gasteiger charge is 2.43. The lowest BCUT2D eigenvalue weighted by atomic mass is 9.33. The van der Waals surface area contributed by atoms with Gasteiger partial charge in [0.25, 0.3) is 6.71 Å². The average Bonchev–Trinajstić information content (AvgIpc) is 3.60. The van der Waals surface area contributed by atoms with Crippen molar-refractivity contribution < 1.29 is 4.42 Å². The maximum atomic E-state index is 6.27. The van der Waals surface area contributed by atoms with Gasteiger partial charge in [-0.05, 0) is 128 Å². The van der Waals surface area contributed by atoms with E-state index < -0.39 is 0 Å². The van der Waals surface area contributed by atoms with Crippen LogP contribution in [0.25, 0.3) is 21.9 Å². The first-order chi connectivity index (χ1) is 27.5. The molecule has 11 rings (SSSR count). The molecule has 0 radical (unpaired) electrons. The summed E-state index contributed by atoms with van der Waals surface area (Å²) in [4.78, 5) is 7.32. The van der Waals surface area contributed by atoms with Gasteiger partial charge in [-0.25, -0.2) is 0 Å². The topological polar surface area (TPSA) is 22.9 Å². The van der Waals surface area contributed by atoms with Gasteiger partial charge < -0.3 is 19.1 Å². The molecule has 1 aromatic heterocycles. The standard InChI is InChI=1S/C51H38BN3O/c1-33-16-21-37(22-17-33)54-45-28-20-35(3)30-44(45)52-43-27-25-40(32-48(43)55(38-23-18-34(2)19-24-38)47-14-9-13-46(54)51(47)52)53(36-10-5-4-6-11-36)39-26-29-50-42(31-39)41-12-7-8-15-49(41)56-50/h4-32H,1-3H3. The van der Waals surface area contributed by atoms with Gasteiger partial charge in [-0.1, -0.05) is 102 Å². The third kappa shape index (κ3) is 5.01. The van der Waals surface area contributed by atoms with E-state index >= 15 is 0 Å². The molecule has 0 fully saturated rings. The predicted molar refractivity (Wildman–Crippen MR) is 237 cm³/mol. The monoisotopic (exact) mass is 719 g/mol. The summed E-state index contributed by atoms with van der Waals surface area (Å²) in [6.07, 6.45) is 0. The van der Waals surface area contributed by atoms with Crippen molar-refractivity contribution in [2.24, 2.45) is 0 Å². The minimum atomic E-state index is 0.0439. The molecule has 2 aliphatic rings. The molecule has 8 aromatic carbocycles. The van der Waals surface area contributed by atoms with Crippen LogP contribution >= 0.6 is 0 Å². The maximum absolute atomic E-state index is 6.27. The molecule has 0 bridgehead atoms. The van der Waals surface area contributed by atoms with Gasteiger partial charge in [-0.15, -0.1) is 0 Å². The number of nitrogens with zero attached hydrogens (tertiary/aromatic N) is 3. The number of hydrogen-bond donors (Lipinski definition) is 0. The van der Waals surface area contributed by atoms with Crippen LogP contribution in [-0.2, 0) is 0 Å². The molecule has 0 aliphatic carbocycles. The number of benzene rings is 8. The van der Waals surface area contributed by atoms with E-state index in [0.717, 1.165) is 50.4 Å². The predicted octanol–water partition coefficient (Wildman–Crippen LogP) is 12.1. The van der Waals surface area contributed by atoms with Gasteiger partial charge in [0.05, 0.1) is 0 Å². The molecular formula is C51H38BN3O. The summed E-state index contributed by atoms with van der Waals surface area (Å²) in [5, 5.41) is 2.22. The van der Waals surface area contributed by atoms with E-state index in [0.29, 0.717) is 0 Å². The van der Waals surface area contributed by atoms with Gasteiger partial charge in [-0.2, -0.15) is 0 Å². The molecule has 4 nitrogen and oxygen atoms in total. The Labute approximate surface area is 327 Å². The normalized spacial score (nSPS) is 12.8. The molecule has 9 aromatic rings. The smallest absolute Gasteiger partial charge is 0.252 e. The van der Waals surface area contributed by atoms with Crippen LogP contribution in [0.2, 0.25) is 0 Å². The lowest BCUT2D eigenvalue weighted by molar-refractivity contribution is 0.669. The Hall–Kier alpha value is -6.98. The molecule has 2 aliphatic heterocycles. The average molecular weight is 720 g/mol. The van der Waals surface area contributed by atoms with E-state index in [2.05, 4.69) is 199 Å². The number of aryl methyl sites for hydroxylation is 3. The van der Waals surface area contributed by atoms with Gasteiger partial charge in [0.15, 0.2) is 0 Å². The largest absolute Gasteiger partial charge is 0.456 e. The second kappa shape index (κ2) is 12.5. The molecule has 0 N–H and O–H groups in total. The molecule has 0 saturated heterocycles. The Morgan fingerprint density at radius 3 is 1.75 bits per heavy atom. The molecule has 0 unspecified atom stereocenters. The Morgan fingerprint density at radius 1 is 0.411 bits per heavy atom. The first-order valence-corrected chi connectivity index (χ1v) is 19.4. The Morgan fingerprint density at radius 2 is 1.02 bits per heavy atom. The van der Waals surface area contributed by atoms with Crippen molar-refractivity contribution in [3.8, 4) is 0 Å². The lowest BCUT2D eigenvalue weighted by Crippen LogP contribution is -2.61. The maximum Gasteiger partial charge on any atom is 0.252 e. The highest BCUT2D eigenvalue weighted by molar-refractivity contribution is 7.00. The van der Waals surface area contributed by atoms with Gasteiger partial charge in [-0.3, -0.25) is 0 Å². The van der Waals surface area contributed by atoms with Crippen LogP contribution in [0.15, 0.2) is 180 Å². The fraction of sp³-hybridized carbons (Fsp3) is 0.0588. The van der Waals surface area contributed by atoms with Crippen molar-refractivity contribution in [1.29, 1.82) is 0 Å². The first kappa shape index (κ1) is 32.5. The second-order valence-corrected chi connectivity index (χ2v) is 15.2. The molecule has 0 amide bonds. The van der Waals surface area contributed by atoms with E-state index in [1.165, 1.54) is 55.8 Å². The summed E-state index contributed by atoms with van der Waals surface area (Å²) in [6, 6.07) is 64.3. The van der Waals surface area contributed by atoms with E-state index in [1.807, 2.05) is 12.1 Å². The fourth-order valence-corrected chi connectivity index (χ4v) is 9.00. The fourth-order valence-electron chi connectivity index (χ4n) is 9.00. The zero-order valence-corrected chi connectivity index (χ0v) is 31.6. The highest BCUT2D eigenvalue weighted by Crippen LogP contribution is 2.46. The van der Waals surface area contributed by atoms with Crippen LogP contribution in [0.4, 0.5) is 51.2 Å². The van der Waals surface area contributed by atoms with Crippen LogP contribution in [-0.4, -0.2) is 6.71 Å². The van der Waals surface area contributed by atoms with E-state index in [9.17, 15) is 0 Å². The number of furan rings is 1. The number of para-hydroxylation sites is 2. The van der Waals surface area contributed by atoms with Crippen LogP contribution in [0, 0.1) is 20.8 Å². The van der Waals surface area contributed by atoms with Crippen LogP contribution in [0.1, 0.15) is 16.7 Å². The van der Waals surface area contributed by atoms with Gasteiger partial charge in [0, 0.05) is 62.0 Å². The van der Waals surface area contributed by atoms with Crippen LogP contribution in [0.5, 0.6) is 0 Å². The first-order valence-electron chi connectivity index (χ1n) is 19.4. The molecule has 0 atom stereocenters. The third-order valence-corrected chi connectivity index (χ3v) is 11.6. The van der Waals surface area contributed by atoms with Crippen molar-refractivity contribution in [3.05, 3.63) is 193 Å². The van der Waals surface area contributed by atoms with E-state index in [1.54, 1.807) is 0 Å². The Kier molecular flexibility index (Phi) is 7.27. The molecule has 56 heavy (non-hydrogen) atoms. The van der Waals surface area contributed by atoms with Crippen LogP contribution < -0.4 is 31.1 Å². The summed E-state index contributed by atoms with van der Waals surface area (Å²) in [7, 11) is 0. The van der Waals surface area contributed by atoms with Crippen LogP contribution in [0.3, 0.4) is 0 Å². The van der Waals surface area contributed by atoms with Crippen molar-refractivity contribution >= 4 is 96.2 Å². The minimum absolute atomic E-state index is 0.0439. The summed E-state index contributed by atoms with van der Waals surface area (Å²) >= 11 is 0. The summed E-state index contributed by atoms with van der Waals surface area (Å²) in [6.45, 7) is 6.56. The van der Waals surface area contributed by atoms with Crippen molar-refractivity contribution in [1.82, 2.24) is 0 Å². The quantitative estimate of drug-likeness (QED) is 0.165. The Bertz CT molecular complexity index is 2970. The summed E-state index contributed by atoms with van der Waals surface area (Å²) < 4.78 is 6.27. The zero-order chi connectivity index (χ0) is 37.5. The van der Waals surface area contributed by atoms with Crippen molar-refractivity contribution in [2.75, 3.05) is 14.7 Å². The summed E-state index contributed by atoms with van der Waals surface area (Å²) in [5.41, 5.74) is 19.8. The number of fused-ring (bicyclic) bond motifs is 7. The number of anilines is 9. The number of hydrogen-bond acceptors (Lipinski definition) is 4. The van der Waals surface area contributed by atoms with Gasteiger partial charge >= 0.3 is 0 Å². The molecule has 5 heteroatoms. The van der Waals surface area contributed by atoms with Crippen molar-refractivity contribution in [3.63, 3.8) is 0 Å². The molecule has 0 saturated carbocycles. The minimum Gasteiger partial charge on any atom is -0.456 e. The van der Waals surface area contributed by atoms with E-state index in [4.69, 9.17) is 4.42 Å². The molecular weight excluding hydrogens is 681 g/mol. The Balaban J connectivity index is 1.17. The van der Waals surface area contributed by atoms with Crippen molar-refractivity contribution in [2.45, 2.75) is 20.8 Å². The molecule has 3 heterocycles. The lowest BCUT2D eigenvalue weighted by Gasteiger charge is -2.44. The SMILES string of the molecule is Cc1ccc(N2c3ccc(C)cc3B3c4ccc(N(c5ccccc5)c5ccc6oc7ccccc7c6c5)cc4N(c4ccc(C)cc4)c4cccc2c43)cc1. The van der Waals surface area contributed by atoms with Gasteiger partial charge in [0.1, 0.15) is 11.2 Å². The number of rotatable bonds is 5. The van der Waals surface area contributed by atoms with Gasteiger partial charge in [0.2, 0.25) is 0 Å². The second-order valence-electron chi connectivity index (χ2n) is 15.2. The third-order valence-electron chi connectivity index (χ3n) is 11.6. The highest BCUT2D eigenvalue weighted by atomic mass is 16.3. The summed E-state index contributed by atoms with van der Waals surface area (Å²) in [5.74, 6) is 0. The zero-order valence-electron chi connectivity index (χ0n) is 31.6. The van der Waals surface area contributed by atoms with E-state index in [-0.39, 0.29) is 6.71 Å².